The van der Waals surface area contributed by atoms with Crippen molar-refractivity contribution >= 4 is 52.1 Å². The smallest absolute Gasteiger partial charge is 0.421 e. The highest BCUT2D eigenvalue weighted by Gasteiger charge is 2.29. The molecule has 10 heteroatoms. The summed E-state index contributed by atoms with van der Waals surface area (Å²) in [6.07, 6.45) is 0.884. The summed E-state index contributed by atoms with van der Waals surface area (Å²) in [7, 11) is -3.51. The van der Waals surface area contributed by atoms with Crippen molar-refractivity contribution in [3.8, 4) is 0 Å². The molecule has 2 heterocycles. The first-order valence-electron chi connectivity index (χ1n) is 6.81. The molecule has 2 rings (SSSR count). The van der Waals surface area contributed by atoms with Gasteiger partial charge in [0.25, 0.3) is 0 Å². The van der Waals surface area contributed by atoms with Gasteiger partial charge in [0.1, 0.15) is 11.4 Å². The Balaban J connectivity index is 2.52. The SMILES string of the molecule is Cc1cc(N(C(=O)OC(C)(C)C)C2=CS(=S(=O)=O)C=N2)ncc1Br. The van der Waals surface area contributed by atoms with E-state index in [1.54, 1.807) is 33.0 Å². The molecule has 0 aromatic carbocycles. The van der Waals surface area contributed by atoms with Gasteiger partial charge in [0.15, 0.2) is 5.82 Å². The summed E-state index contributed by atoms with van der Waals surface area (Å²) < 4.78 is 28.4. The Bertz CT molecular complexity index is 878. The van der Waals surface area contributed by atoms with E-state index in [9.17, 15) is 13.2 Å². The number of aliphatic imine (C=N–C) groups is 1. The van der Waals surface area contributed by atoms with Gasteiger partial charge in [-0.25, -0.2) is 19.7 Å². The first kappa shape index (κ1) is 18.8. The van der Waals surface area contributed by atoms with Crippen molar-refractivity contribution in [2.45, 2.75) is 33.3 Å². The van der Waals surface area contributed by atoms with Gasteiger partial charge < -0.3 is 4.74 Å². The van der Waals surface area contributed by atoms with E-state index in [2.05, 4.69) is 25.9 Å². The van der Waals surface area contributed by atoms with E-state index in [1.165, 1.54) is 15.9 Å². The fourth-order valence-corrected chi connectivity index (χ4v) is 3.56. The molecular formula is C14H16BrN3O4S2. The van der Waals surface area contributed by atoms with Gasteiger partial charge in [-0.1, -0.05) is 0 Å². The maximum Gasteiger partial charge on any atom is 0.421 e. The van der Waals surface area contributed by atoms with Crippen LogP contribution in [0.15, 0.2) is 33.0 Å². The van der Waals surface area contributed by atoms with Crippen LogP contribution in [0.5, 0.6) is 0 Å². The summed E-state index contributed by atoms with van der Waals surface area (Å²) in [6, 6.07) is 1.69. The van der Waals surface area contributed by atoms with E-state index in [0.717, 1.165) is 10.0 Å². The van der Waals surface area contributed by atoms with Crippen molar-refractivity contribution in [2.24, 2.45) is 4.99 Å². The lowest BCUT2D eigenvalue weighted by molar-refractivity contribution is 0.0591. The van der Waals surface area contributed by atoms with Gasteiger partial charge >= 0.3 is 6.09 Å². The number of pyridine rings is 1. The second-order valence-electron chi connectivity index (χ2n) is 5.85. The summed E-state index contributed by atoms with van der Waals surface area (Å²) in [4.78, 5) is 22.0. The molecule has 1 unspecified atom stereocenters. The van der Waals surface area contributed by atoms with Crippen LogP contribution in [0.4, 0.5) is 10.6 Å². The second kappa shape index (κ2) is 7.16. The summed E-state index contributed by atoms with van der Waals surface area (Å²) >= 11 is 3.35. The van der Waals surface area contributed by atoms with Crippen LogP contribution in [-0.2, 0) is 23.5 Å². The highest BCUT2D eigenvalue weighted by molar-refractivity contribution is 9.10. The van der Waals surface area contributed by atoms with E-state index in [0.29, 0.717) is 5.82 Å². The van der Waals surface area contributed by atoms with Crippen LogP contribution >= 0.6 is 15.9 Å². The van der Waals surface area contributed by atoms with Crippen molar-refractivity contribution in [3.63, 3.8) is 0 Å². The molecule has 0 spiro atoms. The number of hydrogen-bond donors (Lipinski definition) is 0. The molecule has 130 valence electrons. The molecule has 1 aromatic heterocycles. The van der Waals surface area contributed by atoms with E-state index in [4.69, 9.17) is 4.74 Å². The fraction of sp³-hybridized carbons (Fsp3) is 0.357. The molecule has 0 aliphatic carbocycles. The standard InChI is InChI=1S/C14H16BrN3O4S2/c1-9-5-11(16-6-10(9)15)18(13(19)22-14(2,3)4)12-7-23(8-17-12)24(20)21/h5-8H,1-4H3. The number of anilines is 1. The Labute approximate surface area is 151 Å². The van der Waals surface area contributed by atoms with Crippen LogP contribution in [0.25, 0.3) is 0 Å². The van der Waals surface area contributed by atoms with Crippen LogP contribution in [0, 0.1) is 6.92 Å². The average Bonchev–Trinajstić information content (AvgIpc) is 2.90. The number of aryl methyl sites for hydroxylation is 1. The first-order valence-corrected chi connectivity index (χ1v) is 10.5. The molecule has 0 radical (unpaired) electrons. The van der Waals surface area contributed by atoms with Crippen LogP contribution in [-0.4, -0.2) is 30.6 Å². The molecule has 0 N–H and O–H groups in total. The highest BCUT2D eigenvalue weighted by Crippen LogP contribution is 2.26. The van der Waals surface area contributed by atoms with Crippen LogP contribution in [0.3, 0.4) is 0 Å². The topological polar surface area (TPSA) is 88.9 Å². The third-order valence-electron chi connectivity index (χ3n) is 2.73. The van der Waals surface area contributed by atoms with Gasteiger partial charge in [-0.05, 0) is 55.3 Å². The molecule has 0 saturated carbocycles. The van der Waals surface area contributed by atoms with E-state index in [-0.39, 0.29) is 5.82 Å². The normalized spacial score (nSPS) is 16.7. The third kappa shape index (κ3) is 4.52. The molecule has 24 heavy (non-hydrogen) atoms. The number of carbonyl (C=O) groups excluding carboxylic acids is 1. The molecule has 1 atom stereocenters. The molecule has 0 bridgehead atoms. The zero-order valence-corrected chi connectivity index (χ0v) is 16.7. The molecule has 7 nitrogen and oxygen atoms in total. The van der Waals surface area contributed by atoms with E-state index in [1.807, 2.05) is 6.92 Å². The van der Waals surface area contributed by atoms with Crippen molar-refractivity contribution in [3.05, 3.63) is 33.5 Å². The Hall–Kier alpha value is -1.52. The van der Waals surface area contributed by atoms with Crippen molar-refractivity contribution in [1.29, 1.82) is 0 Å². The van der Waals surface area contributed by atoms with Gasteiger partial charge in [-0.2, -0.15) is 8.42 Å². The zero-order valence-electron chi connectivity index (χ0n) is 13.5. The second-order valence-corrected chi connectivity index (χ2v) is 10.2. The summed E-state index contributed by atoms with van der Waals surface area (Å²) in [6.45, 7) is 7.08. The molecule has 0 fully saturated rings. The fourth-order valence-electron chi connectivity index (χ4n) is 1.71. The van der Waals surface area contributed by atoms with Gasteiger partial charge in [0, 0.05) is 25.5 Å². The van der Waals surface area contributed by atoms with Crippen LogP contribution in [0.1, 0.15) is 26.3 Å². The maximum absolute atomic E-state index is 12.6. The minimum absolute atomic E-state index is 0.172. The molecular weight excluding hydrogens is 418 g/mol. The Morgan fingerprint density at radius 2 is 2.04 bits per heavy atom. The quantitative estimate of drug-likeness (QED) is 0.714. The lowest BCUT2D eigenvalue weighted by Crippen LogP contribution is -2.36. The van der Waals surface area contributed by atoms with Crippen LogP contribution < -0.4 is 4.90 Å². The number of nitrogens with zero attached hydrogens (tertiary/aromatic N) is 3. The minimum Gasteiger partial charge on any atom is -0.443 e. The van der Waals surface area contributed by atoms with Crippen LogP contribution in [0.2, 0.25) is 0 Å². The minimum atomic E-state index is -2.33. The van der Waals surface area contributed by atoms with Crippen molar-refractivity contribution < 1.29 is 17.9 Å². The predicted molar refractivity (Wildman–Crippen MR) is 98.2 cm³/mol. The first-order chi connectivity index (χ1) is 11.1. The number of ether oxygens (including phenoxy) is 1. The van der Waals surface area contributed by atoms with E-state index >= 15 is 0 Å². The summed E-state index contributed by atoms with van der Waals surface area (Å²) in [5.41, 5.74) is 1.43. The number of amides is 1. The molecule has 1 aliphatic rings. The van der Waals surface area contributed by atoms with Gasteiger partial charge in [0.2, 0.25) is 9.26 Å². The Morgan fingerprint density at radius 1 is 1.38 bits per heavy atom. The number of aromatic nitrogens is 1. The number of hydrogen-bond acceptors (Lipinski definition) is 6. The number of halogens is 1. The largest absolute Gasteiger partial charge is 0.443 e. The monoisotopic (exact) mass is 433 g/mol. The van der Waals surface area contributed by atoms with Gasteiger partial charge in [-0.15, -0.1) is 0 Å². The number of carbonyl (C=O) groups is 1. The maximum atomic E-state index is 12.6. The lowest BCUT2D eigenvalue weighted by atomic mass is 10.2. The molecule has 1 aromatic rings. The average molecular weight is 434 g/mol. The predicted octanol–water partition coefficient (Wildman–Crippen LogP) is 3.15. The lowest BCUT2D eigenvalue weighted by Gasteiger charge is -2.26. The molecule has 0 saturated heterocycles. The van der Waals surface area contributed by atoms with Crippen molar-refractivity contribution in [2.75, 3.05) is 4.90 Å². The zero-order chi connectivity index (χ0) is 18.1. The number of rotatable bonds is 2. The Kier molecular flexibility index (Phi) is 5.61. The van der Waals surface area contributed by atoms with Gasteiger partial charge in [-0.3, -0.25) is 0 Å². The summed E-state index contributed by atoms with van der Waals surface area (Å²) in [5, 5.41) is 1.39. The Morgan fingerprint density at radius 3 is 2.54 bits per heavy atom. The van der Waals surface area contributed by atoms with Gasteiger partial charge in [0.05, 0.1) is 5.55 Å². The van der Waals surface area contributed by atoms with Crippen molar-refractivity contribution in [1.82, 2.24) is 4.98 Å². The molecule has 1 aliphatic heterocycles. The van der Waals surface area contributed by atoms with E-state index < -0.39 is 30.4 Å². The highest BCUT2D eigenvalue weighted by atomic mass is 79.9. The summed E-state index contributed by atoms with van der Waals surface area (Å²) in [5.74, 6) is 0.474. The molecule has 1 amide bonds. The third-order valence-corrected chi connectivity index (χ3v) is 6.12.